The third-order valence-electron chi connectivity index (χ3n) is 7.24. The Morgan fingerprint density at radius 1 is 0.791 bits per heavy atom. The number of methoxy groups -OCH3 is 1. The maximum atomic E-state index is 11.3. The molecule has 5 rings (SSSR count). The third kappa shape index (κ3) is 7.79. The van der Waals surface area contributed by atoms with Crippen molar-refractivity contribution in [3.05, 3.63) is 78.7 Å². The van der Waals surface area contributed by atoms with E-state index >= 15 is 0 Å². The molecule has 13 heteroatoms. The summed E-state index contributed by atoms with van der Waals surface area (Å²) >= 11 is 0. The van der Waals surface area contributed by atoms with Crippen LogP contribution in [-0.4, -0.2) is 63.9 Å². The second-order valence-electron chi connectivity index (χ2n) is 10.3. The molecule has 0 saturated carbocycles. The van der Waals surface area contributed by atoms with Gasteiger partial charge in [-0.15, -0.1) is 0 Å². The summed E-state index contributed by atoms with van der Waals surface area (Å²) in [6.45, 7) is 0.859. The molecule has 43 heavy (non-hydrogen) atoms. The Kier molecular flexibility index (Phi) is 9.16. The quantitative estimate of drug-likeness (QED) is 0.195. The van der Waals surface area contributed by atoms with E-state index in [2.05, 4.69) is 0 Å². The largest absolute Gasteiger partial charge is 0.497 e. The molecule has 3 aromatic carbocycles. The van der Waals surface area contributed by atoms with E-state index in [4.69, 9.17) is 18.8 Å². The van der Waals surface area contributed by atoms with Crippen LogP contribution in [0.25, 0.3) is 11.1 Å². The first-order valence-electron chi connectivity index (χ1n) is 13.9. The van der Waals surface area contributed by atoms with Crippen LogP contribution in [0.2, 0.25) is 0 Å². The molecular weight excluding hydrogens is 596 g/mol. The van der Waals surface area contributed by atoms with Crippen molar-refractivity contribution in [2.45, 2.75) is 31.9 Å². The number of benzene rings is 3. The minimum atomic E-state index is -4.07. The molecule has 0 radical (unpaired) electrons. The lowest BCUT2D eigenvalue weighted by Crippen LogP contribution is -2.36. The van der Waals surface area contributed by atoms with Crippen LogP contribution in [0, 0.1) is 0 Å². The molecule has 11 nitrogen and oxygen atoms in total. The monoisotopic (exact) mass is 630 g/mol. The number of fused-ring (bicyclic) bond motifs is 2. The van der Waals surface area contributed by atoms with Crippen molar-refractivity contribution in [2.75, 3.05) is 41.5 Å². The van der Waals surface area contributed by atoms with Crippen LogP contribution < -0.4 is 24.0 Å². The number of hydrogen-bond acceptors (Lipinski definition) is 9. The summed E-state index contributed by atoms with van der Waals surface area (Å²) in [5, 5.41) is 0. The molecule has 2 heterocycles. The van der Waals surface area contributed by atoms with E-state index < -0.39 is 26.5 Å². The van der Waals surface area contributed by atoms with Gasteiger partial charge in [0.2, 0.25) is 5.88 Å². The van der Waals surface area contributed by atoms with Crippen LogP contribution in [-0.2, 0) is 20.2 Å². The van der Waals surface area contributed by atoms with Gasteiger partial charge in [-0.05, 0) is 61.1 Å². The molecule has 2 aliphatic rings. The Labute approximate surface area is 251 Å². The molecule has 0 spiro atoms. The van der Waals surface area contributed by atoms with E-state index in [1.807, 2.05) is 70.5 Å². The minimum absolute atomic E-state index is 0.259. The van der Waals surface area contributed by atoms with Crippen LogP contribution >= 0.6 is 0 Å². The van der Waals surface area contributed by atoms with Crippen molar-refractivity contribution in [1.29, 1.82) is 0 Å². The highest BCUT2D eigenvalue weighted by Crippen LogP contribution is 2.44. The lowest BCUT2D eigenvalue weighted by molar-refractivity contribution is 0.265. The zero-order valence-electron chi connectivity index (χ0n) is 23.6. The first-order chi connectivity index (χ1) is 20.5. The van der Waals surface area contributed by atoms with Gasteiger partial charge in [-0.2, -0.15) is 16.8 Å². The zero-order chi connectivity index (χ0) is 30.6. The first-order valence-corrected chi connectivity index (χ1v) is 17.1. The normalized spacial score (nSPS) is 17.0. The minimum Gasteiger partial charge on any atom is -0.497 e. The van der Waals surface area contributed by atoms with Gasteiger partial charge in [0.25, 0.3) is 20.2 Å². The molecule has 0 bridgehead atoms. The summed E-state index contributed by atoms with van der Waals surface area (Å²) in [6.07, 6.45) is 2.71. The van der Waals surface area contributed by atoms with E-state index in [-0.39, 0.29) is 24.3 Å². The highest BCUT2D eigenvalue weighted by Gasteiger charge is 2.34. The van der Waals surface area contributed by atoms with Gasteiger partial charge >= 0.3 is 0 Å². The summed E-state index contributed by atoms with van der Waals surface area (Å²) < 4.78 is 81.5. The maximum absolute atomic E-state index is 11.3. The molecule has 0 saturated heterocycles. The fourth-order valence-electron chi connectivity index (χ4n) is 5.16. The molecule has 230 valence electrons. The van der Waals surface area contributed by atoms with E-state index in [0.717, 1.165) is 22.5 Å². The number of rotatable bonds is 13. The van der Waals surface area contributed by atoms with Crippen molar-refractivity contribution < 1.29 is 40.2 Å². The van der Waals surface area contributed by atoms with Crippen molar-refractivity contribution in [1.82, 2.24) is 0 Å². The van der Waals surface area contributed by atoms with Crippen molar-refractivity contribution in [2.24, 2.45) is 0 Å². The highest BCUT2D eigenvalue weighted by molar-refractivity contribution is 7.86. The maximum Gasteiger partial charge on any atom is 0.264 e. The Hall–Kier alpha value is -3.78. The Morgan fingerprint density at radius 2 is 1.47 bits per heavy atom. The van der Waals surface area contributed by atoms with Crippen LogP contribution in [0.1, 0.15) is 25.7 Å². The van der Waals surface area contributed by atoms with Gasteiger partial charge in [-0.25, -0.2) is 0 Å². The van der Waals surface area contributed by atoms with Crippen molar-refractivity contribution >= 4 is 31.6 Å². The van der Waals surface area contributed by atoms with Crippen LogP contribution in [0.4, 0.5) is 11.4 Å². The Balaban J connectivity index is 1.44. The van der Waals surface area contributed by atoms with E-state index in [0.29, 0.717) is 49.1 Å². The number of unbranched alkanes of at least 4 members (excludes halogenated alkanes) is 2. The van der Waals surface area contributed by atoms with Gasteiger partial charge in [0.15, 0.2) is 12.0 Å². The third-order valence-corrected chi connectivity index (χ3v) is 8.85. The Bertz CT molecular complexity index is 1690. The van der Waals surface area contributed by atoms with Gasteiger partial charge < -0.3 is 24.0 Å². The van der Waals surface area contributed by atoms with Crippen LogP contribution in [0.3, 0.4) is 0 Å². The van der Waals surface area contributed by atoms with Crippen LogP contribution in [0.15, 0.2) is 78.7 Å². The fraction of sp³-hybridized carbons (Fsp3) is 0.333. The highest BCUT2D eigenvalue weighted by atomic mass is 32.2. The standard InChI is InChI=1S/C30H34N2O9S2/c1-39-24-12-14-28-26(20-24)32(16-6-8-18-43(36,37)38)30(41-28)21-29-31(15-5-7-17-42(33,34)35)25-19-23(11-13-27(25)40-29)22-9-3-2-4-10-22/h2-4,9-14,19-21,29H,5-8,15-18H2,1H3,(H,33,34,35)(H,36,37,38). The van der Waals surface area contributed by atoms with Crippen molar-refractivity contribution in [3.63, 3.8) is 0 Å². The van der Waals surface area contributed by atoms with E-state index in [1.165, 1.54) is 0 Å². The van der Waals surface area contributed by atoms with E-state index in [9.17, 15) is 21.4 Å². The molecular formula is C30H34N2O9S2. The molecule has 1 atom stereocenters. The molecule has 2 N–H and O–H groups in total. The number of ether oxygens (including phenoxy) is 3. The average Bonchev–Trinajstić information content (AvgIpc) is 3.48. The van der Waals surface area contributed by atoms with Gasteiger partial charge in [0.1, 0.15) is 11.5 Å². The first kappa shape index (κ1) is 30.7. The number of hydrogen-bond donors (Lipinski definition) is 2. The van der Waals surface area contributed by atoms with Crippen molar-refractivity contribution in [3.8, 4) is 28.4 Å². The van der Waals surface area contributed by atoms with E-state index in [1.54, 1.807) is 19.2 Å². The predicted molar refractivity (Wildman–Crippen MR) is 164 cm³/mol. The summed E-state index contributed by atoms with van der Waals surface area (Å²) in [4.78, 5) is 3.95. The van der Waals surface area contributed by atoms with Gasteiger partial charge in [-0.1, -0.05) is 36.4 Å². The predicted octanol–water partition coefficient (Wildman–Crippen LogP) is 4.96. The molecule has 0 aromatic heterocycles. The summed E-state index contributed by atoms with van der Waals surface area (Å²) in [5.41, 5.74) is 3.63. The average molecular weight is 631 g/mol. The summed E-state index contributed by atoms with van der Waals surface area (Å²) in [7, 11) is -6.57. The molecule has 3 aromatic rings. The van der Waals surface area contributed by atoms with Gasteiger partial charge in [0.05, 0.1) is 30.0 Å². The molecule has 0 amide bonds. The second kappa shape index (κ2) is 12.8. The van der Waals surface area contributed by atoms with Crippen LogP contribution in [0.5, 0.6) is 17.2 Å². The lowest BCUT2D eigenvalue weighted by atomic mass is 10.0. The molecule has 0 aliphatic carbocycles. The zero-order valence-corrected chi connectivity index (χ0v) is 25.3. The summed E-state index contributed by atoms with van der Waals surface area (Å²) in [6, 6.07) is 21.3. The molecule has 0 fully saturated rings. The second-order valence-corrected chi connectivity index (χ2v) is 13.5. The number of nitrogens with zero attached hydrogens (tertiary/aromatic N) is 2. The van der Waals surface area contributed by atoms with Gasteiger partial charge in [-0.3, -0.25) is 9.11 Å². The van der Waals surface area contributed by atoms with Gasteiger partial charge in [0, 0.05) is 25.2 Å². The number of anilines is 2. The molecule has 2 aliphatic heterocycles. The smallest absolute Gasteiger partial charge is 0.264 e. The molecule has 1 unspecified atom stereocenters. The topological polar surface area (TPSA) is 143 Å². The Morgan fingerprint density at radius 3 is 2.14 bits per heavy atom. The SMILES string of the molecule is COc1ccc2c(c1)N(CCCCS(=O)(=O)O)C(=CC1Oc3ccc(-c4ccccc4)cc3N1CCCCS(=O)(=O)O)O2. The summed E-state index contributed by atoms with van der Waals surface area (Å²) in [5.74, 6) is 1.70. The fourth-order valence-corrected chi connectivity index (χ4v) is 6.30. The lowest BCUT2D eigenvalue weighted by Gasteiger charge is -2.25.